The van der Waals surface area contributed by atoms with Crippen molar-refractivity contribution < 1.29 is 14.5 Å². The molecule has 1 amide bonds. The van der Waals surface area contributed by atoms with Crippen molar-refractivity contribution in [1.82, 2.24) is 5.32 Å². The molecule has 0 fully saturated rings. The van der Waals surface area contributed by atoms with E-state index in [2.05, 4.69) is 25.8 Å². The fourth-order valence-electron chi connectivity index (χ4n) is 2.90. The van der Waals surface area contributed by atoms with E-state index in [4.69, 9.17) is 4.65 Å². The molecule has 1 aromatic carbocycles. The van der Waals surface area contributed by atoms with E-state index in [9.17, 15) is 9.82 Å². The van der Waals surface area contributed by atoms with Crippen LogP contribution in [0.15, 0.2) is 18.2 Å². The molecule has 22 heavy (non-hydrogen) atoms. The van der Waals surface area contributed by atoms with Gasteiger partial charge >= 0.3 is 7.12 Å². The lowest BCUT2D eigenvalue weighted by Gasteiger charge is -2.19. The highest BCUT2D eigenvalue weighted by Gasteiger charge is 2.27. The monoisotopic (exact) mass is 321 g/mol. The van der Waals surface area contributed by atoms with Crippen LogP contribution in [-0.4, -0.2) is 37.4 Å². The summed E-state index contributed by atoms with van der Waals surface area (Å²) in [4.78, 5) is 12.3. The van der Waals surface area contributed by atoms with Crippen LogP contribution in [0.1, 0.15) is 36.2 Å². The van der Waals surface area contributed by atoms with Gasteiger partial charge in [0.1, 0.15) is 0 Å². The van der Waals surface area contributed by atoms with Crippen LogP contribution in [0.2, 0.25) is 0 Å². The van der Waals surface area contributed by atoms with Crippen LogP contribution in [0.25, 0.3) is 0 Å². The summed E-state index contributed by atoms with van der Waals surface area (Å²) in [6.07, 6.45) is 2.31. The number of carbonyl (C=O) groups is 1. The van der Waals surface area contributed by atoms with Crippen molar-refractivity contribution >= 4 is 27.1 Å². The molecule has 2 unspecified atom stereocenters. The summed E-state index contributed by atoms with van der Waals surface area (Å²) in [5.74, 6) is 1.15. The molecule has 0 radical (unpaired) electrons. The zero-order valence-corrected chi connectivity index (χ0v) is 14.6. The Hall–Kier alpha value is -0.895. The fourth-order valence-corrected chi connectivity index (χ4v) is 3.79. The number of fused-ring (bicyclic) bond motifs is 1. The van der Waals surface area contributed by atoms with Gasteiger partial charge in [-0.1, -0.05) is 19.9 Å². The third kappa shape index (κ3) is 4.55. The van der Waals surface area contributed by atoms with Crippen molar-refractivity contribution in [1.29, 1.82) is 0 Å². The molecule has 2 N–H and O–H groups in total. The number of hydrogen-bond acceptors (Lipinski definition) is 3. The molecule has 4 nitrogen and oxygen atoms in total. The van der Waals surface area contributed by atoms with E-state index in [0.29, 0.717) is 24.0 Å². The molecule has 1 aliphatic heterocycles. The maximum absolute atomic E-state index is 12.3. The smallest absolute Gasteiger partial charge is 0.423 e. The van der Waals surface area contributed by atoms with Gasteiger partial charge in [-0.25, -0.2) is 0 Å². The number of amides is 1. The minimum Gasteiger partial charge on any atom is -0.423 e. The molecule has 2 rings (SSSR count). The van der Waals surface area contributed by atoms with Crippen molar-refractivity contribution in [3.05, 3.63) is 29.3 Å². The predicted molar refractivity (Wildman–Crippen MR) is 93.2 cm³/mol. The SMILES string of the molecule is CPCC(CNC(=O)c1ccc2c(c1)COB2O)CC(C)C. The van der Waals surface area contributed by atoms with E-state index in [1.165, 1.54) is 6.16 Å². The summed E-state index contributed by atoms with van der Waals surface area (Å²) in [5.41, 5.74) is 2.30. The molecule has 0 bridgehead atoms. The van der Waals surface area contributed by atoms with Crippen LogP contribution in [0, 0.1) is 11.8 Å². The van der Waals surface area contributed by atoms with Crippen molar-refractivity contribution in [3.8, 4) is 0 Å². The Labute approximate surface area is 135 Å². The Morgan fingerprint density at radius 2 is 2.27 bits per heavy atom. The Balaban J connectivity index is 1.94. The molecule has 0 aromatic heterocycles. The van der Waals surface area contributed by atoms with Gasteiger partial charge in [0.05, 0.1) is 6.61 Å². The Kier molecular flexibility index (Phi) is 6.43. The van der Waals surface area contributed by atoms with Gasteiger partial charge in [-0.2, -0.15) is 0 Å². The highest BCUT2D eigenvalue weighted by Crippen LogP contribution is 2.18. The zero-order chi connectivity index (χ0) is 16.1. The molecular weight excluding hydrogens is 296 g/mol. The Morgan fingerprint density at radius 1 is 1.50 bits per heavy atom. The van der Waals surface area contributed by atoms with Crippen LogP contribution >= 0.6 is 8.58 Å². The molecule has 0 spiro atoms. The first-order chi connectivity index (χ1) is 10.5. The molecule has 0 aliphatic carbocycles. The maximum Gasteiger partial charge on any atom is 0.491 e. The topological polar surface area (TPSA) is 58.6 Å². The number of nitrogens with one attached hydrogen (secondary N) is 1. The van der Waals surface area contributed by atoms with Crippen LogP contribution in [0.4, 0.5) is 0 Å². The highest BCUT2D eigenvalue weighted by molar-refractivity contribution is 7.36. The highest BCUT2D eigenvalue weighted by atomic mass is 31.1. The molecule has 1 aromatic rings. The van der Waals surface area contributed by atoms with E-state index in [1.807, 2.05) is 6.07 Å². The molecule has 0 saturated carbocycles. The van der Waals surface area contributed by atoms with Gasteiger partial charge < -0.3 is 15.0 Å². The van der Waals surface area contributed by atoms with E-state index >= 15 is 0 Å². The Morgan fingerprint density at radius 3 is 2.95 bits per heavy atom. The summed E-state index contributed by atoms with van der Waals surface area (Å²) in [6, 6.07) is 5.35. The first-order valence-corrected chi connectivity index (χ1v) is 9.57. The van der Waals surface area contributed by atoms with Crippen LogP contribution < -0.4 is 10.8 Å². The van der Waals surface area contributed by atoms with E-state index < -0.39 is 7.12 Å². The third-order valence-corrected chi connectivity index (χ3v) is 4.90. The summed E-state index contributed by atoms with van der Waals surface area (Å²) in [7, 11) is 0.0599. The Bertz CT molecular complexity index is 524. The third-order valence-electron chi connectivity index (χ3n) is 3.92. The fraction of sp³-hybridized carbons (Fsp3) is 0.562. The summed E-state index contributed by atoms with van der Waals surface area (Å²) < 4.78 is 5.16. The lowest BCUT2D eigenvalue weighted by Crippen LogP contribution is -2.32. The minimum atomic E-state index is -0.854. The first-order valence-electron chi connectivity index (χ1n) is 7.86. The molecule has 0 saturated heterocycles. The lowest BCUT2D eigenvalue weighted by atomic mass is 9.79. The first kappa shape index (κ1) is 17.5. The van der Waals surface area contributed by atoms with Gasteiger partial charge in [-0.05, 0) is 54.2 Å². The van der Waals surface area contributed by atoms with Crippen molar-refractivity contribution in [3.63, 3.8) is 0 Å². The zero-order valence-electron chi connectivity index (χ0n) is 13.6. The van der Waals surface area contributed by atoms with Crippen LogP contribution in [0.3, 0.4) is 0 Å². The van der Waals surface area contributed by atoms with Crippen LogP contribution in [0.5, 0.6) is 0 Å². The number of benzene rings is 1. The molecule has 6 heteroatoms. The van der Waals surface area contributed by atoms with Gasteiger partial charge in [0.15, 0.2) is 0 Å². The summed E-state index contributed by atoms with van der Waals surface area (Å²) in [5, 5.41) is 12.7. The molecule has 2 atom stereocenters. The lowest BCUT2D eigenvalue weighted by molar-refractivity contribution is 0.0946. The van der Waals surface area contributed by atoms with E-state index in [-0.39, 0.29) is 5.91 Å². The number of rotatable bonds is 7. The van der Waals surface area contributed by atoms with Gasteiger partial charge in [-0.3, -0.25) is 4.79 Å². The van der Waals surface area contributed by atoms with Crippen molar-refractivity contribution in [2.75, 3.05) is 19.4 Å². The molecule has 1 heterocycles. The normalized spacial score (nSPS) is 15.6. The average Bonchev–Trinajstić information content (AvgIpc) is 2.85. The van der Waals surface area contributed by atoms with Gasteiger partial charge in [0, 0.05) is 12.1 Å². The van der Waals surface area contributed by atoms with Crippen LogP contribution in [-0.2, 0) is 11.3 Å². The molecule has 120 valence electrons. The molecule has 1 aliphatic rings. The van der Waals surface area contributed by atoms with Crippen molar-refractivity contribution in [2.24, 2.45) is 11.8 Å². The minimum absolute atomic E-state index is 0.0441. The van der Waals surface area contributed by atoms with Gasteiger partial charge in [-0.15, -0.1) is 8.58 Å². The predicted octanol–water partition coefficient (Wildman–Crippen LogP) is 1.60. The number of hydrogen-bond donors (Lipinski definition) is 2. The van der Waals surface area contributed by atoms with Gasteiger partial charge in [0.25, 0.3) is 5.91 Å². The second kappa shape index (κ2) is 8.10. The van der Waals surface area contributed by atoms with E-state index in [1.54, 1.807) is 12.1 Å². The van der Waals surface area contributed by atoms with Gasteiger partial charge in [0.2, 0.25) is 0 Å². The molecular formula is C16H25BNO3P. The largest absolute Gasteiger partial charge is 0.491 e. The second-order valence-electron chi connectivity index (χ2n) is 6.34. The van der Waals surface area contributed by atoms with E-state index in [0.717, 1.165) is 32.6 Å². The number of carbonyl (C=O) groups excluding carboxylic acids is 1. The summed E-state index contributed by atoms with van der Waals surface area (Å²) >= 11 is 0. The maximum atomic E-state index is 12.3. The quantitative estimate of drug-likeness (QED) is 0.592. The summed E-state index contributed by atoms with van der Waals surface area (Å²) in [6.45, 7) is 7.75. The van der Waals surface area contributed by atoms with Crippen molar-refractivity contribution in [2.45, 2.75) is 26.9 Å². The second-order valence-corrected chi connectivity index (χ2v) is 7.46. The average molecular weight is 321 g/mol. The standard InChI is InChI=1S/C16H25BNO3P/c1-11(2)6-12(10-22-3)8-18-16(19)13-4-5-15-14(7-13)9-21-17(15)20/h4-5,7,11-12,20,22H,6,8-10H2,1-3H3,(H,18,19).